The molecule has 1 aromatic carbocycles. The lowest BCUT2D eigenvalue weighted by atomic mass is 9.64. The third-order valence-corrected chi connectivity index (χ3v) is 6.03. The van der Waals surface area contributed by atoms with Gasteiger partial charge in [0.25, 0.3) is 0 Å². The Morgan fingerprint density at radius 3 is 2.59 bits per heavy atom. The van der Waals surface area contributed by atoms with Crippen LogP contribution in [0.4, 0.5) is 0 Å². The average molecular weight is 515 g/mol. The molecule has 2 aliphatic rings. The monoisotopic (exact) mass is 515 g/mol. The van der Waals surface area contributed by atoms with Crippen molar-refractivity contribution in [3.05, 3.63) is 35.9 Å². The van der Waals surface area contributed by atoms with Crippen LogP contribution in [-0.4, -0.2) is 52.0 Å². The Kier molecular flexibility index (Phi) is 11.3. The van der Waals surface area contributed by atoms with Crippen LogP contribution in [0.15, 0.2) is 35.3 Å². The molecule has 0 bridgehead atoms. The summed E-state index contributed by atoms with van der Waals surface area (Å²) in [6, 6.07) is 10.9. The van der Waals surface area contributed by atoms with E-state index in [-0.39, 0.29) is 29.4 Å². The van der Waals surface area contributed by atoms with Crippen LogP contribution in [0.25, 0.3) is 0 Å². The van der Waals surface area contributed by atoms with E-state index in [9.17, 15) is 0 Å². The topological polar surface area (TPSA) is 54.9 Å². The molecule has 1 heterocycles. The van der Waals surface area contributed by atoms with E-state index in [0.29, 0.717) is 5.92 Å². The molecule has 0 radical (unpaired) electrons. The zero-order chi connectivity index (χ0) is 19.5. The summed E-state index contributed by atoms with van der Waals surface area (Å²) in [5.41, 5.74) is 1.67. The Labute approximate surface area is 193 Å². The number of nitrogens with one attached hydrogen (secondary N) is 2. The molecular weight excluding hydrogens is 477 g/mol. The summed E-state index contributed by atoms with van der Waals surface area (Å²) in [5, 5.41) is 6.85. The van der Waals surface area contributed by atoms with E-state index < -0.39 is 0 Å². The van der Waals surface area contributed by atoms with Crippen molar-refractivity contribution < 1.29 is 9.47 Å². The standard InChI is InChI=1S/C23H37N3O2.HI/c1-2-24-22(25-14-7-15-28-18-20-10-16-27-17-11-20)26-19-23(12-6-13-23)21-8-4-3-5-9-21;/h3-5,8-9,20H,2,6-7,10-19H2,1H3,(H2,24,25,26);1H. The first-order valence-electron chi connectivity index (χ1n) is 11.1. The maximum absolute atomic E-state index is 5.86. The predicted octanol–water partition coefficient (Wildman–Crippen LogP) is 4.11. The van der Waals surface area contributed by atoms with E-state index in [0.717, 1.165) is 71.3 Å². The molecule has 0 amide bonds. The van der Waals surface area contributed by atoms with E-state index in [2.05, 4.69) is 47.9 Å². The van der Waals surface area contributed by atoms with Crippen LogP contribution >= 0.6 is 24.0 Å². The minimum atomic E-state index is 0. The summed E-state index contributed by atoms with van der Waals surface area (Å²) >= 11 is 0. The highest BCUT2D eigenvalue weighted by Gasteiger charge is 2.38. The predicted molar refractivity (Wildman–Crippen MR) is 130 cm³/mol. The van der Waals surface area contributed by atoms with Crippen LogP contribution in [0.3, 0.4) is 0 Å². The van der Waals surface area contributed by atoms with Gasteiger partial charge in [0, 0.05) is 44.9 Å². The Hall–Kier alpha value is -0.860. The van der Waals surface area contributed by atoms with Gasteiger partial charge in [0.05, 0.1) is 6.54 Å². The largest absolute Gasteiger partial charge is 0.381 e. The van der Waals surface area contributed by atoms with Gasteiger partial charge in [-0.2, -0.15) is 0 Å². The summed E-state index contributed by atoms with van der Waals surface area (Å²) in [5.74, 6) is 1.60. The number of guanidine groups is 1. The fourth-order valence-electron chi connectivity index (χ4n) is 4.05. The smallest absolute Gasteiger partial charge is 0.191 e. The summed E-state index contributed by atoms with van der Waals surface area (Å²) < 4.78 is 11.3. The first-order chi connectivity index (χ1) is 13.8. The second-order valence-corrected chi connectivity index (χ2v) is 8.11. The van der Waals surface area contributed by atoms with Crippen LogP contribution in [-0.2, 0) is 14.9 Å². The molecule has 29 heavy (non-hydrogen) atoms. The molecule has 2 N–H and O–H groups in total. The van der Waals surface area contributed by atoms with Crippen LogP contribution in [0.5, 0.6) is 0 Å². The Morgan fingerprint density at radius 1 is 1.17 bits per heavy atom. The number of benzene rings is 1. The molecule has 1 aliphatic carbocycles. The molecule has 2 fully saturated rings. The SMILES string of the molecule is CCNC(=NCC1(c2ccccc2)CCC1)NCCCOCC1CCOCC1.I. The number of hydrogen-bond donors (Lipinski definition) is 2. The van der Waals surface area contributed by atoms with Crippen LogP contribution in [0.2, 0.25) is 0 Å². The molecular formula is C23H38IN3O2. The van der Waals surface area contributed by atoms with Crippen LogP contribution in [0.1, 0.15) is 51.0 Å². The summed E-state index contributed by atoms with van der Waals surface area (Å²) in [4.78, 5) is 4.91. The van der Waals surface area contributed by atoms with Crippen molar-refractivity contribution in [1.82, 2.24) is 10.6 Å². The quantitative estimate of drug-likeness (QED) is 0.213. The molecule has 1 saturated heterocycles. The highest BCUT2D eigenvalue weighted by atomic mass is 127. The highest BCUT2D eigenvalue weighted by Crippen LogP contribution is 2.43. The second-order valence-electron chi connectivity index (χ2n) is 8.11. The molecule has 1 aliphatic heterocycles. The minimum absolute atomic E-state index is 0. The van der Waals surface area contributed by atoms with Gasteiger partial charge in [0.2, 0.25) is 0 Å². The molecule has 5 nitrogen and oxygen atoms in total. The van der Waals surface area contributed by atoms with Crippen LogP contribution in [0, 0.1) is 5.92 Å². The number of ether oxygens (including phenoxy) is 2. The zero-order valence-corrected chi connectivity index (χ0v) is 20.2. The maximum atomic E-state index is 5.86. The van der Waals surface area contributed by atoms with Gasteiger partial charge in [-0.1, -0.05) is 36.8 Å². The summed E-state index contributed by atoms with van der Waals surface area (Å²) in [7, 11) is 0. The second kappa shape index (κ2) is 13.4. The number of halogens is 1. The van der Waals surface area contributed by atoms with Gasteiger partial charge in [-0.05, 0) is 50.5 Å². The fraction of sp³-hybridized carbons (Fsp3) is 0.696. The first kappa shape index (κ1) is 24.4. The van der Waals surface area contributed by atoms with Gasteiger partial charge < -0.3 is 20.1 Å². The van der Waals surface area contributed by atoms with Gasteiger partial charge in [0.1, 0.15) is 0 Å². The average Bonchev–Trinajstić information content (AvgIpc) is 2.71. The maximum Gasteiger partial charge on any atom is 0.191 e. The van der Waals surface area contributed by atoms with E-state index in [4.69, 9.17) is 14.5 Å². The third kappa shape index (κ3) is 7.72. The van der Waals surface area contributed by atoms with Crippen LogP contribution < -0.4 is 10.6 Å². The Balaban J connectivity index is 0.00000300. The van der Waals surface area contributed by atoms with Crippen molar-refractivity contribution in [1.29, 1.82) is 0 Å². The van der Waals surface area contributed by atoms with Gasteiger partial charge in [-0.3, -0.25) is 4.99 Å². The molecule has 0 unspecified atom stereocenters. The number of aliphatic imine (C=N–C) groups is 1. The zero-order valence-electron chi connectivity index (χ0n) is 17.8. The van der Waals surface area contributed by atoms with Crippen molar-refractivity contribution in [2.45, 2.75) is 50.9 Å². The normalized spacial score (nSPS) is 19.1. The molecule has 0 aromatic heterocycles. The first-order valence-corrected chi connectivity index (χ1v) is 11.1. The Bertz CT molecular complexity index is 587. The lowest BCUT2D eigenvalue weighted by Gasteiger charge is -2.41. The lowest BCUT2D eigenvalue weighted by Crippen LogP contribution is -2.42. The van der Waals surface area contributed by atoms with Crippen molar-refractivity contribution in [2.75, 3.05) is 46.1 Å². The molecule has 0 spiro atoms. The van der Waals surface area contributed by atoms with Gasteiger partial charge >= 0.3 is 0 Å². The molecule has 1 aromatic rings. The van der Waals surface area contributed by atoms with Crippen molar-refractivity contribution in [2.24, 2.45) is 10.9 Å². The van der Waals surface area contributed by atoms with E-state index in [1.54, 1.807) is 0 Å². The van der Waals surface area contributed by atoms with Crippen molar-refractivity contribution in [3.8, 4) is 0 Å². The minimum Gasteiger partial charge on any atom is -0.381 e. The number of rotatable bonds is 10. The van der Waals surface area contributed by atoms with Gasteiger partial charge in [-0.25, -0.2) is 0 Å². The summed E-state index contributed by atoms with van der Waals surface area (Å²) in [6.45, 7) is 8.19. The van der Waals surface area contributed by atoms with E-state index in [1.807, 2.05) is 0 Å². The van der Waals surface area contributed by atoms with E-state index in [1.165, 1.54) is 24.8 Å². The molecule has 6 heteroatoms. The van der Waals surface area contributed by atoms with Crippen molar-refractivity contribution in [3.63, 3.8) is 0 Å². The third-order valence-electron chi connectivity index (χ3n) is 6.03. The van der Waals surface area contributed by atoms with E-state index >= 15 is 0 Å². The number of nitrogens with zero attached hydrogens (tertiary/aromatic N) is 1. The molecule has 164 valence electrons. The van der Waals surface area contributed by atoms with Gasteiger partial charge in [0.15, 0.2) is 5.96 Å². The summed E-state index contributed by atoms with van der Waals surface area (Å²) in [6.07, 6.45) is 7.05. The van der Waals surface area contributed by atoms with Gasteiger partial charge in [-0.15, -0.1) is 24.0 Å². The lowest BCUT2D eigenvalue weighted by molar-refractivity contribution is 0.0203. The number of hydrogen-bond acceptors (Lipinski definition) is 3. The highest BCUT2D eigenvalue weighted by molar-refractivity contribution is 14.0. The molecule has 0 atom stereocenters. The molecule has 1 saturated carbocycles. The Morgan fingerprint density at radius 2 is 1.93 bits per heavy atom. The fourth-order valence-corrected chi connectivity index (χ4v) is 4.05. The molecule has 3 rings (SSSR count). The van der Waals surface area contributed by atoms with Crippen molar-refractivity contribution >= 4 is 29.9 Å².